The maximum Gasteiger partial charge on any atom is 0.226 e. The zero-order valence-corrected chi connectivity index (χ0v) is 11.8. The van der Waals surface area contributed by atoms with Gasteiger partial charge in [0.25, 0.3) is 0 Å². The summed E-state index contributed by atoms with van der Waals surface area (Å²) in [6.07, 6.45) is 0.855. The molecule has 0 spiro atoms. The molecule has 0 aliphatic rings. The lowest BCUT2D eigenvalue weighted by Gasteiger charge is -2.21. The Kier molecular flexibility index (Phi) is 4.91. The Hall–Kier alpha value is -1.35. The standard InChI is InChI=1S/C15H24N2O/c1-11-5-6-13(9-12(11)2)7-8-17-14(18)15(3,4)10-16/h5-6,9H,7-8,10,16H2,1-4H3,(H,17,18). The minimum Gasteiger partial charge on any atom is -0.355 e. The Labute approximate surface area is 110 Å². The molecule has 3 heteroatoms. The molecule has 0 saturated heterocycles. The Balaban J connectivity index is 2.47. The van der Waals surface area contributed by atoms with E-state index in [4.69, 9.17) is 5.73 Å². The van der Waals surface area contributed by atoms with E-state index in [1.807, 2.05) is 13.8 Å². The van der Waals surface area contributed by atoms with Gasteiger partial charge in [0.15, 0.2) is 0 Å². The number of nitrogens with two attached hydrogens (primary N) is 1. The van der Waals surface area contributed by atoms with Crippen LogP contribution in [0.15, 0.2) is 18.2 Å². The zero-order valence-electron chi connectivity index (χ0n) is 11.8. The zero-order chi connectivity index (χ0) is 13.8. The smallest absolute Gasteiger partial charge is 0.226 e. The summed E-state index contributed by atoms with van der Waals surface area (Å²) in [7, 11) is 0. The van der Waals surface area contributed by atoms with E-state index in [0.29, 0.717) is 13.1 Å². The molecule has 0 unspecified atom stereocenters. The highest BCUT2D eigenvalue weighted by atomic mass is 16.2. The minimum atomic E-state index is -0.483. The number of carbonyl (C=O) groups excluding carboxylic acids is 1. The Morgan fingerprint density at radius 3 is 2.50 bits per heavy atom. The number of amides is 1. The van der Waals surface area contributed by atoms with Crippen LogP contribution >= 0.6 is 0 Å². The van der Waals surface area contributed by atoms with Crippen LogP contribution in [0.5, 0.6) is 0 Å². The minimum absolute atomic E-state index is 0.0221. The Morgan fingerprint density at radius 2 is 1.94 bits per heavy atom. The Morgan fingerprint density at radius 1 is 1.28 bits per heavy atom. The predicted octanol–water partition coefficient (Wildman–Crippen LogP) is 1.95. The van der Waals surface area contributed by atoms with Gasteiger partial charge in [-0.15, -0.1) is 0 Å². The molecule has 0 atom stereocenters. The topological polar surface area (TPSA) is 55.1 Å². The van der Waals surface area contributed by atoms with Gasteiger partial charge in [0, 0.05) is 13.1 Å². The third-order valence-corrected chi connectivity index (χ3v) is 3.40. The summed E-state index contributed by atoms with van der Waals surface area (Å²) in [5.41, 5.74) is 8.93. The Bertz CT molecular complexity index is 425. The molecule has 3 N–H and O–H groups in total. The van der Waals surface area contributed by atoms with E-state index >= 15 is 0 Å². The quantitative estimate of drug-likeness (QED) is 0.836. The van der Waals surface area contributed by atoms with Gasteiger partial charge in [-0.1, -0.05) is 18.2 Å². The van der Waals surface area contributed by atoms with E-state index in [1.165, 1.54) is 16.7 Å². The molecule has 0 radical (unpaired) electrons. The van der Waals surface area contributed by atoms with Gasteiger partial charge in [-0.25, -0.2) is 0 Å². The second-order valence-electron chi connectivity index (χ2n) is 5.51. The SMILES string of the molecule is Cc1ccc(CCNC(=O)C(C)(C)CN)cc1C. The van der Waals surface area contributed by atoms with E-state index < -0.39 is 5.41 Å². The van der Waals surface area contributed by atoms with Crippen LogP contribution in [0.1, 0.15) is 30.5 Å². The number of nitrogens with one attached hydrogen (secondary N) is 1. The third kappa shape index (κ3) is 3.84. The van der Waals surface area contributed by atoms with Gasteiger partial charge in [0.1, 0.15) is 0 Å². The maximum absolute atomic E-state index is 11.8. The first-order chi connectivity index (χ1) is 8.36. The number of hydrogen-bond acceptors (Lipinski definition) is 2. The van der Waals surface area contributed by atoms with Crippen molar-refractivity contribution in [2.75, 3.05) is 13.1 Å². The summed E-state index contributed by atoms with van der Waals surface area (Å²) in [6, 6.07) is 6.41. The molecule has 0 saturated carbocycles. The first-order valence-electron chi connectivity index (χ1n) is 6.41. The monoisotopic (exact) mass is 248 g/mol. The third-order valence-electron chi connectivity index (χ3n) is 3.40. The van der Waals surface area contributed by atoms with Gasteiger partial charge in [-0.2, -0.15) is 0 Å². The molecular weight excluding hydrogens is 224 g/mol. The predicted molar refractivity (Wildman–Crippen MR) is 75.5 cm³/mol. The first kappa shape index (κ1) is 14.7. The molecule has 0 aromatic heterocycles. The molecule has 1 aromatic carbocycles. The largest absolute Gasteiger partial charge is 0.355 e. The molecule has 0 bridgehead atoms. The number of carbonyl (C=O) groups is 1. The lowest BCUT2D eigenvalue weighted by Crippen LogP contribution is -2.42. The van der Waals surface area contributed by atoms with Crippen LogP contribution in [0.3, 0.4) is 0 Å². The van der Waals surface area contributed by atoms with Crippen molar-refractivity contribution in [2.24, 2.45) is 11.1 Å². The van der Waals surface area contributed by atoms with Gasteiger partial charge >= 0.3 is 0 Å². The fourth-order valence-corrected chi connectivity index (χ4v) is 1.61. The van der Waals surface area contributed by atoms with Crippen LogP contribution in [-0.2, 0) is 11.2 Å². The van der Waals surface area contributed by atoms with E-state index in [9.17, 15) is 4.79 Å². The summed E-state index contributed by atoms with van der Waals surface area (Å²) in [6.45, 7) is 8.95. The van der Waals surface area contributed by atoms with Crippen molar-refractivity contribution in [2.45, 2.75) is 34.1 Å². The summed E-state index contributed by atoms with van der Waals surface area (Å²) >= 11 is 0. The molecule has 18 heavy (non-hydrogen) atoms. The van der Waals surface area contributed by atoms with Crippen LogP contribution in [-0.4, -0.2) is 19.0 Å². The van der Waals surface area contributed by atoms with Crippen molar-refractivity contribution in [3.05, 3.63) is 34.9 Å². The molecule has 0 fully saturated rings. The van der Waals surface area contributed by atoms with Crippen LogP contribution in [0.25, 0.3) is 0 Å². The van der Waals surface area contributed by atoms with Gasteiger partial charge in [-0.3, -0.25) is 4.79 Å². The van der Waals surface area contributed by atoms with E-state index in [0.717, 1.165) is 6.42 Å². The molecule has 1 aromatic rings. The fourth-order valence-electron chi connectivity index (χ4n) is 1.61. The molecule has 0 heterocycles. The molecule has 1 amide bonds. The van der Waals surface area contributed by atoms with Crippen LogP contribution in [0, 0.1) is 19.3 Å². The van der Waals surface area contributed by atoms with Gasteiger partial charge < -0.3 is 11.1 Å². The second-order valence-corrected chi connectivity index (χ2v) is 5.51. The van der Waals surface area contributed by atoms with Gasteiger partial charge in [0.2, 0.25) is 5.91 Å². The lowest BCUT2D eigenvalue weighted by atomic mass is 9.92. The number of benzene rings is 1. The highest BCUT2D eigenvalue weighted by Gasteiger charge is 2.24. The van der Waals surface area contributed by atoms with Crippen LogP contribution < -0.4 is 11.1 Å². The van der Waals surface area contributed by atoms with E-state index in [-0.39, 0.29) is 5.91 Å². The summed E-state index contributed by atoms with van der Waals surface area (Å²) in [4.78, 5) is 11.8. The molecule has 3 nitrogen and oxygen atoms in total. The van der Waals surface area contributed by atoms with E-state index in [1.54, 1.807) is 0 Å². The number of aryl methyl sites for hydroxylation is 2. The summed E-state index contributed by atoms with van der Waals surface area (Å²) in [5.74, 6) is 0.0221. The van der Waals surface area contributed by atoms with Crippen molar-refractivity contribution in [3.63, 3.8) is 0 Å². The van der Waals surface area contributed by atoms with Crippen molar-refractivity contribution in [1.29, 1.82) is 0 Å². The molecular formula is C15H24N2O. The van der Waals surface area contributed by atoms with Crippen LogP contribution in [0.2, 0.25) is 0 Å². The normalized spacial score (nSPS) is 11.4. The summed E-state index contributed by atoms with van der Waals surface area (Å²) in [5, 5.41) is 2.94. The highest BCUT2D eigenvalue weighted by molar-refractivity contribution is 5.82. The lowest BCUT2D eigenvalue weighted by molar-refractivity contribution is -0.128. The fraction of sp³-hybridized carbons (Fsp3) is 0.533. The van der Waals surface area contributed by atoms with Crippen LogP contribution in [0.4, 0.5) is 0 Å². The molecule has 100 valence electrons. The van der Waals surface area contributed by atoms with Gasteiger partial charge in [0.05, 0.1) is 5.41 Å². The average Bonchev–Trinajstić information content (AvgIpc) is 2.33. The number of hydrogen-bond donors (Lipinski definition) is 2. The van der Waals surface area contributed by atoms with Crippen molar-refractivity contribution < 1.29 is 4.79 Å². The van der Waals surface area contributed by atoms with E-state index in [2.05, 4.69) is 37.4 Å². The number of rotatable bonds is 5. The van der Waals surface area contributed by atoms with Crippen molar-refractivity contribution in [3.8, 4) is 0 Å². The molecule has 0 aliphatic heterocycles. The average molecular weight is 248 g/mol. The highest BCUT2D eigenvalue weighted by Crippen LogP contribution is 2.13. The molecule has 0 aliphatic carbocycles. The van der Waals surface area contributed by atoms with Crippen molar-refractivity contribution in [1.82, 2.24) is 5.32 Å². The second kappa shape index (κ2) is 6.01. The van der Waals surface area contributed by atoms with Crippen molar-refractivity contribution >= 4 is 5.91 Å². The summed E-state index contributed by atoms with van der Waals surface area (Å²) < 4.78 is 0. The van der Waals surface area contributed by atoms with Gasteiger partial charge in [-0.05, 0) is 50.8 Å². The first-order valence-corrected chi connectivity index (χ1v) is 6.41. The maximum atomic E-state index is 11.8. The molecule has 1 rings (SSSR count).